The van der Waals surface area contributed by atoms with Gasteiger partial charge in [-0.15, -0.1) is 11.3 Å². The molecule has 0 radical (unpaired) electrons. The van der Waals surface area contributed by atoms with Crippen LogP contribution < -0.4 is 10.1 Å². The minimum Gasteiger partial charge on any atom is -0.496 e. The molecule has 2 heterocycles. The fourth-order valence-corrected chi connectivity index (χ4v) is 4.23. The maximum Gasteiger partial charge on any atom is 0.216 e. The van der Waals surface area contributed by atoms with Gasteiger partial charge in [0.15, 0.2) is 0 Å². The number of rotatable bonds is 6. The average Bonchev–Trinajstić information content (AvgIpc) is 3.15. The summed E-state index contributed by atoms with van der Waals surface area (Å²) in [5, 5.41) is 5.06. The molecule has 0 saturated carbocycles. The predicted molar refractivity (Wildman–Crippen MR) is 103 cm³/mol. The van der Waals surface area contributed by atoms with E-state index in [2.05, 4.69) is 45.9 Å². The molecule has 1 saturated heterocycles. The van der Waals surface area contributed by atoms with E-state index in [0.717, 1.165) is 31.9 Å². The zero-order chi connectivity index (χ0) is 17.6. The van der Waals surface area contributed by atoms with Crippen LogP contribution in [0.25, 0.3) is 10.4 Å². The van der Waals surface area contributed by atoms with Gasteiger partial charge < -0.3 is 10.1 Å². The normalized spacial score (nSPS) is 18.1. The highest BCUT2D eigenvalue weighted by Gasteiger charge is 2.20. The van der Waals surface area contributed by atoms with Crippen LogP contribution in [0.5, 0.6) is 5.75 Å². The largest absolute Gasteiger partial charge is 0.496 e. The Morgan fingerprint density at radius 2 is 2.28 bits per heavy atom. The fraction of sp³-hybridized carbons (Fsp3) is 0.450. The lowest BCUT2D eigenvalue weighted by Gasteiger charge is -2.33. The predicted octanol–water partition coefficient (Wildman–Crippen LogP) is 3.77. The monoisotopic (exact) mass is 358 g/mol. The Balaban J connectivity index is 1.68. The molecular weight excluding hydrogens is 332 g/mol. The van der Waals surface area contributed by atoms with Crippen molar-refractivity contribution in [2.75, 3.05) is 26.7 Å². The molecule has 25 heavy (non-hydrogen) atoms. The first-order valence-corrected chi connectivity index (χ1v) is 9.71. The maximum absolute atomic E-state index is 11.1. The Bertz CT molecular complexity index is 700. The van der Waals surface area contributed by atoms with Crippen LogP contribution in [-0.2, 0) is 11.3 Å². The number of carbonyl (C=O) groups excluding carboxylic acids is 1. The van der Waals surface area contributed by atoms with E-state index in [0.29, 0.717) is 5.92 Å². The molecule has 5 heteroatoms. The molecule has 134 valence electrons. The Labute approximate surface area is 153 Å². The number of nitrogens with zero attached hydrogens (tertiary/aromatic N) is 1. The van der Waals surface area contributed by atoms with E-state index in [1.807, 2.05) is 0 Å². The quantitative estimate of drug-likeness (QED) is 0.855. The number of nitrogens with one attached hydrogen (secondary N) is 1. The molecule has 4 nitrogen and oxygen atoms in total. The minimum atomic E-state index is 0.0628. The number of likely N-dealkylation sites (tertiary alicyclic amines) is 1. The molecule has 2 aromatic rings. The molecule has 1 aromatic carbocycles. The first-order valence-electron chi connectivity index (χ1n) is 8.83. The standard InChI is InChI=1S/C20H26N2O2S/c1-15(23)21-12-17-5-3-9-22(14-17)13-16-7-8-19(24-2)18(11-16)20-6-4-10-25-20/h4,6-8,10-11,17H,3,5,9,12-14H2,1-2H3,(H,21,23). The Hall–Kier alpha value is -1.85. The van der Waals surface area contributed by atoms with Gasteiger partial charge in [-0.1, -0.05) is 12.1 Å². The summed E-state index contributed by atoms with van der Waals surface area (Å²) in [6.45, 7) is 5.48. The lowest BCUT2D eigenvalue weighted by molar-refractivity contribution is -0.119. The topological polar surface area (TPSA) is 41.6 Å². The number of amides is 1. The molecule has 0 bridgehead atoms. The first-order chi connectivity index (χ1) is 12.2. The van der Waals surface area contributed by atoms with Gasteiger partial charge in [0.05, 0.1) is 7.11 Å². The number of carbonyl (C=O) groups is 1. The summed E-state index contributed by atoms with van der Waals surface area (Å²) >= 11 is 1.74. The number of ether oxygens (including phenoxy) is 1. The molecule has 1 unspecified atom stereocenters. The molecule has 0 spiro atoms. The van der Waals surface area contributed by atoms with Crippen LogP contribution in [0.15, 0.2) is 35.7 Å². The van der Waals surface area contributed by atoms with Gasteiger partial charge in [-0.05, 0) is 54.4 Å². The van der Waals surface area contributed by atoms with E-state index in [4.69, 9.17) is 4.74 Å². The number of hydrogen-bond acceptors (Lipinski definition) is 4. The van der Waals surface area contributed by atoms with E-state index in [-0.39, 0.29) is 5.91 Å². The van der Waals surface area contributed by atoms with E-state index in [1.165, 1.54) is 28.8 Å². The van der Waals surface area contributed by atoms with Crippen LogP contribution in [0.1, 0.15) is 25.3 Å². The smallest absolute Gasteiger partial charge is 0.216 e. The van der Waals surface area contributed by atoms with Crippen molar-refractivity contribution in [3.05, 3.63) is 41.3 Å². The minimum absolute atomic E-state index is 0.0628. The van der Waals surface area contributed by atoms with E-state index in [1.54, 1.807) is 25.4 Å². The van der Waals surface area contributed by atoms with Crippen molar-refractivity contribution >= 4 is 17.2 Å². The lowest BCUT2D eigenvalue weighted by Crippen LogP contribution is -2.40. The van der Waals surface area contributed by atoms with Gasteiger partial charge in [-0.2, -0.15) is 0 Å². The van der Waals surface area contributed by atoms with Crippen LogP contribution in [0, 0.1) is 5.92 Å². The SMILES string of the molecule is COc1ccc(CN2CCCC(CNC(C)=O)C2)cc1-c1cccs1. The third-order valence-electron chi connectivity index (χ3n) is 4.70. The average molecular weight is 359 g/mol. The second kappa shape index (κ2) is 8.50. The number of hydrogen-bond donors (Lipinski definition) is 1. The molecule has 1 aromatic heterocycles. The second-order valence-corrected chi connectivity index (χ2v) is 7.64. The molecular formula is C20H26N2O2S. The van der Waals surface area contributed by atoms with Crippen LogP contribution in [0.3, 0.4) is 0 Å². The van der Waals surface area contributed by atoms with Crippen LogP contribution >= 0.6 is 11.3 Å². The summed E-state index contributed by atoms with van der Waals surface area (Å²) in [6.07, 6.45) is 2.39. The third-order valence-corrected chi connectivity index (χ3v) is 5.60. The third kappa shape index (κ3) is 4.83. The highest BCUT2D eigenvalue weighted by Crippen LogP contribution is 2.34. The van der Waals surface area contributed by atoms with E-state index in [9.17, 15) is 4.79 Å². The van der Waals surface area contributed by atoms with Crippen molar-refractivity contribution in [2.45, 2.75) is 26.3 Å². The zero-order valence-electron chi connectivity index (χ0n) is 15.0. The molecule has 3 rings (SSSR count). The molecule has 1 aliphatic heterocycles. The van der Waals surface area contributed by atoms with Gasteiger partial charge in [-0.3, -0.25) is 9.69 Å². The van der Waals surface area contributed by atoms with Gasteiger partial charge in [0.1, 0.15) is 5.75 Å². The van der Waals surface area contributed by atoms with Gasteiger partial charge in [0, 0.05) is 37.0 Å². The van der Waals surface area contributed by atoms with Gasteiger partial charge >= 0.3 is 0 Å². The van der Waals surface area contributed by atoms with Crippen molar-refractivity contribution < 1.29 is 9.53 Å². The lowest BCUT2D eigenvalue weighted by atomic mass is 9.97. The highest BCUT2D eigenvalue weighted by molar-refractivity contribution is 7.13. The summed E-state index contributed by atoms with van der Waals surface area (Å²) in [6, 6.07) is 10.7. The summed E-state index contributed by atoms with van der Waals surface area (Å²) in [5.74, 6) is 1.54. The van der Waals surface area contributed by atoms with Crippen molar-refractivity contribution in [1.82, 2.24) is 10.2 Å². The molecule has 1 N–H and O–H groups in total. The van der Waals surface area contributed by atoms with Crippen molar-refractivity contribution in [3.8, 4) is 16.2 Å². The van der Waals surface area contributed by atoms with Crippen molar-refractivity contribution in [1.29, 1.82) is 0 Å². The maximum atomic E-state index is 11.1. The summed E-state index contributed by atoms with van der Waals surface area (Å²) < 4.78 is 5.54. The van der Waals surface area contributed by atoms with Gasteiger partial charge in [0.25, 0.3) is 0 Å². The molecule has 1 amide bonds. The summed E-state index contributed by atoms with van der Waals surface area (Å²) in [4.78, 5) is 14.9. The molecule has 1 fully saturated rings. The van der Waals surface area contributed by atoms with Crippen molar-refractivity contribution in [3.63, 3.8) is 0 Å². The van der Waals surface area contributed by atoms with E-state index < -0.39 is 0 Å². The van der Waals surface area contributed by atoms with Gasteiger partial charge in [0.2, 0.25) is 5.91 Å². The zero-order valence-corrected chi connectivity index (χ0v) is 15.8. The van der Waals surface area contributed by atoms with Gasteiger partial charge in [-0.25, -0.2) is 0 Å². The van der Waals surface area contributed by atoms with Crippen LogP contribution in [-0.4, -0.2) is 37.6 Å². The first kappa shape index (κ1) is 18.0. The summed E-state index contributed by atoms with van der Waals surface area (Å²) in [7, 11) is 1.73. The van der Waals surface area contributed by atoms with Crippen LogP contribution in [0.2, 0.25) is 0 Å². The summed E-state index contributed by atoms with van der Waals surface area (Å²) in [5.41, 5.74) is 2.48. The highest BCUT2D eigenvalue weighted by atomic mass is 32.1. The second-order valence-electron chi connectivity index (χ2n) is 6.69. The van der Waals surface area contributed by atoms with E-state index >= 15 is 0 Å². The number of piperidine rings is 1. The molecule has 1 atom stereocenters. The Morgan fingerprint density at radius 3 is 3.00 bits per heavy atom. The number of thiophene rings is 1. The Morgan fingerprint density at radius 1 is 1.40 bits per heavy atom. The Kier molecular flexibility index (Phi) is 6.10. The number of benzene rings is 1. The van der Waals surface area contributed by atoms with Crippen molar-refractivity contribution in [2.24, 2.45) is 5.92 Å². The number of methoxy groups -OCH3 is 1. The van der Waals surface area contributed by atoms with Crippen LogP contribution in [0.4, 0.5) is 0 Å². The molecule has 1 aliphatic rings. The molecule has 0 aliphatic carbocycles. The fourth-order valence-electron chi connectivity index (χ4n) is 3.49.